The zero-order chi connectivity index (χ0) is 13.1. The van der Waals surface area contributed by atoms with Crippen LogP contribution in [0.2, 0.25) is 0 Å². The Morgan fingerprint density at radius 3 is 2.24 bits per heavy atom. The van der Waals surface area contributed by atoms with E-state index in [0.29, 0.717) is 11.3 Å². The first-order valence-corrected chi connectivity index (χ1v) is 5.26. The number of benzene rings is 1. The Morgan fingerprint density at radius 2 is 1.82 bits per heavy atom. The Bertz CT molecular complexity index is 435. The van der Waals surface area contributed by atoms with Crippen molar-refractivity contribution in [2.75, 3.05) is 7.11 Å². The zero-order valence-corrected chi connectivity index (χ0v) is 10.3. The molecule has 0 spiro atoms. The number of halogens is 4. The van der Waals surface area contributed by atoms with Gasteiger partial charge in [-0.25, -0.2) is 0 Å². The Morgan fingerprint density at radius 1 is 1.29 bits per heavy atom. The summed E-state index contributed by atoms with van der Waals surface area (Å²) in [6.45, 7) is 0. The number of methoxy groups -OCH3 is 1. The van der Waals surface area contributed by atoms with Gasteiger partial charge in [0.15, 0.2) is 0 Å². The van der Waals surface area contributed by atoms with E-state index in [-0.39, 0.29) is 0 Å². The number of rotatable bonds is 3. The Hall–Kier alpha value is -1.30. The van der Waals surface area contributed by atoms with Crippen molar-refractivity contribution in [1.29, 1.82) is 0 Å². The van der Waals surface area contributed by atoms with E-state index in [0.717, 1.165) is 6.08 Å². The minimum absolute atomic E-state index is 0.468. The predicted octanol–water partition coefficient (Wildman–Crippen LogP) is 3.56. The molecule has 0 unspecified atom stereocenters. The molecule has 0 aromatic heterocycles. The van der Waals surface area contributed by atoms with Crippen molar-refractivity contribution in [1.82, 2.24) is 0 Å². The number of hydrogen-bond acceptors (Lipinski definition) is 2. The summed E-state index contributed by atoms with van der Waals surface area (Å²) in [5.41, 5.74) is 0.468. The van der Waals surface area contributed by atoms with Crippen LogP contribution < -0.4 is 4.74 Å². The summed E-state index contributed by atoms with van der Waals surface area (Å²) in [4.78, 5) is 10.8. The number of Topliss-reactive ketones (excluding diaryl/α,β-unsaturated/α-hetero) is 1. The number of hydrogen-bond donors (Lipinski definition) is 0. The second kappa shape index (κ2) is 5.35. The largest absolute Gasteiger partial charge is 0.497 e. The molecule has 0 aliphatic carbocycles. The van der Waals surface area contributed by atoms with Crippen molar-refractivity contribution in [3.63, 3.8) is 0 Å². The highest BCUT2D eigenvalue weighted by Crippen LogP contribution is 2.25. The van der Waals surface area contributed by atoms with Crippen LogP contribution in [-0.2, 0) is 4.79 Å². The number of ether oxygens (including phenoxy) is 1. The van der Waals surface area contributed by atoms with Gasteiger partial charge in [0, 0.05) is 0 Å². The molecule has 0 saturated heterocycles. The van der Waals surface area contributed by atoms with Crippen LogP contribution in [0.15, 0.2) is 28.7 Å². The van der Waals surface area contributed by atoms with E-state index in [2.05, 4.69) is 15.9 Å². The van der Waals surface area contributed by atoms with Crippen molar-refractivity contribution < 1.29 is 22.7 Å². The Labute approximate surface area is 104 Å². The molecule has 1 aromatic rings. The van der Waals surface area contributed by atoms with Crippen LogP contribution in [-0.4, -0.2) is 19.1 Å². The summed E-state index contributed by atoms with van der Waals surface area (Å²) < 4.78 is 40.6. The summed E-state index contributed by atoms with van der Waals surface area (Å²) in [5.74, 6) is -1.33. The van der Waals surface area contributed by atoms with Crippen LogP contribution in [0.5, 0.6) is 5.75 Å². The number of allylic oxidation sites excluding steroid dienone is 1. The first-order valence-electron chi connectivity index (χ1n) is 4.47. The molecule has 2 nitrogen and oxygen atoms in total. The van der Waals surface area contributed by atoms with Crippen LogP contribution >= 0.6 is 15.9 Å². The van der Waals surface area contributed by atoms with E-state index < -0.39 is 16.4 Å². The highest BCUT2D eigenvalue weighted by molar-refractivity contribution is 9.12. The fourth-order valence-corrected chi connectivity index (χ4v) is 1.54. The highest BCUT2D eigenvalue weighted by Gasteiger charge is 2.39. The average molecular weight is 309 g/mol. The first-order chi connectivity index (χ1) is 7.84. The zero-order valence-electron chi connectivity index (χ0n) is 8.72. The van der Waals surface area contributed by atoms with Gasteiger partial charge in [-0.3, -0.25) is 4.79 Å². The monoisotopic (exact) mass is 308 g/mol. The van der Waals surface area contributed by atoms with Gasteiger partial charge in [-0.05, 0) is 39.7 Å². The third kappa shape index (κ3) is 3.89. The molecule has 0 bridgehead atoms. The molecule has 0 amide bonds. The van der Waals surface area contributed by atoms with E-state index in [1.807, 2.05) is 0 Å². The lowest BCUT2D eigenvalue weighted by molar-refractivity contribution is -0.165. The normalized spacial score (nSPS) is 12.4. The summed E-state index contributed by atoms with van der Waals surface area (Å²) >= 11 is 2.61. The van der Waals surface area contributed by atoms with Crippen molar-refractivity contribution in [3.8, 4) is 5.75 Å². The minimum atomic E-state index is -4.87. The highest BCUT2D eigenvalue weighted by atomic mass is 79.9. The second-order valence-electron chi connectivity index (χ2n) is 3.09. The molecule has 1 rings (SSSR count). The Kier molecular flexibility index (Phi) is 4.34. The minimum Gasteiger partial charge on any atom is -0.497 e. The van der Waals surface area contributed by atoms with Gasteiger partial charge in [0.05, 0.1) is 11.6 Å². The molecule has 0 N–H and O–H groups in total. The van der Waals surface area contributed by atoms with Gasteiger partial charge >= 0.3 is 6.18 Å². The number of ketones is 1. The molecule has 0 aliphatic heterocycles. The van der Waals surface area contributed by atoms with Crippen LogP contribution in [0.25, 0.3) is 6.08 Å². The molecule has 0 atom stereocenters. The fraction of sp³-hybridized carbons (Fsp3) is 0.182. The molecule has 0 radical (unpaired) electrons. The molecule has 92 valence electrons. The van der Waals surface area contributed by atoms with Gasteiger partial charge in [0.2, 0.25) is 0 Å². The van der Waals surface area contributed by atoms with Gasteiger partial charge < -0.3 is 4.74 Å². The summed E-state index contributed by atoms with van der Waals surface area (Å²) in [6, 6.07) is 6.27. The third-order valence-electron chi connectivity index (χ3n) is 1.88. The molecular weight excluding hydrogens is 301 g/mol. The van der Waals surface area contributed by atoms with E-state index in [1.54, 1.807) is 24.3 Å². The molecule has 0 saturated carbocycles. The van der Waals surface area contributed by atoms with Gasteiger partial charge in [-0.15, -0.1) is 0 Å². The van der Waals surface area contributed by atoms with E-state index >= 15 is 0 Å². The summed E-state index contributed by atoms with van der Waals surface area (Å²) in [5, 5.41) is 0. The van der Waals surface area contributed by atoms with Gasteiger partial charge in [-0.1, -0.05) is 12.1 Å². The maximum absolute atomic E-state index is 12.1. The molecule has 0 fully saturated rings. The standard InChI is InChI=1S/C11H8BrF3O2/c1-17-8-4-2-7(3-5-8)6-9(12)10(16)11(13,14)15/h2-6H,1H3/b9-6-. The molecule has 0 heterocycles. The summed E-state index contributed by atoms with van der Waals surface area (Å²) in [7, 11) is 1.48. The summed E-state index contributed by atoms with van der Waals surface area (Å²) in [6.07, 6.45) is -3.77. The number of carbonyl (C=O) groups excluding carboxylic acids is 1. The average Bonchev–Trinajstić information content (AvgIpc) is 2.27. The van der Waals surface area contributed by atoms with E-state index in [9.17, 15) is 18.0 Å². The van der Waals surface area contributed by atoms with Gasteiger partial charge in [0.25, 0.3) is 5.78 Å². The SMILES string of the molecule is COc1ccc(/C=C(\Br)C(=O)C(F)(F)F)cc1. The topological polar surface area (TPSA) is 26.3 Å². The fourth-order valence-electron chi connectivity index (χ4n) is 1.05. The quantitative estimate of drug-likeness (QED) is 0.798. The number of carbonyl (C=O) groups is 1. The van der Waals surface area contributed by atoms with Crippen LogP contribution in [0.1, 0.15) is 5.56 Å². The van der Waals surface area contributed by atoms with Gasteiger partial charge in [-0.2, -0.15) is 13.2 Å². The third-order valence-corrected chi connectivity index (χ3v) is 2.47. The van der Waals surface area contributed by atoms with E-state index in [1.165, 1.54) is 7.11 Å². The van der Waals surface area contributed by atoms with Crippen molar-refractivity contribution in [3.05, 3.63) is 34.3 Å². The smallest absolute Gasteiger partial charge is 0.455 e. The lowest BCUT2D eigenvalue weighted by Gasteiger charge is -2.04. The van der Waals surface area contributed by atoms with Crippen LogP contribution in [0.3, 0.4) is 0 Å². The van der Waals surface area contributed by atoms with Crippen molar-refractivity contribution in [2.45, 2.75) is 6.18 Å². The lowest BCUT2D eigenvalue weighted by Crippen LogP contribution is -2.22. The van der Waals surface area contributed by atoms with Crippen LogP contribution in [0.4, 0.5) is 13.2 Å². The van der Waals surface area contributed by atoms with Crippen molar-refractivity contribution in [2.24, 2.45) is 0 Å². The second-order valence-corrected chi connectivity index (χ2v) is 3.95. The Balaban J connectivity index is 2.91. The van der Waals surface area contributed by atoms with E-state index in [4.69, 9.17) is 4.74 Å². The molecule has 0 aliphatic rings. The predicted molar refractivity (Wildman–Crippen MR) is 61.0 cm³/mol. The van der Waals surface area contributed by atoms with Crippen molar-refractivity contribution >= 4 is 27.8 Å². The maximum Gasteiger partial charge on any atom is 0.455 e. The lowest BCUT2D eigenvalue weighted by atomic mass is 10.2. The molecule has 1 aromatic carbocycles. The van der Waals surface area contributed by atoms with Gasteiger partial charge in [0.1, 0.15) is 5.75 Å². The molecule has 6 heteroatoms. The first kappa shape index (κ1) is 13.8. The van der Waals surface area contributed by atoms with Crippen LogP contribution in [0, 0.1) is 0 Å². The number of alkyl halides is 3. The molecule has 17 heavy (non-hydrogen) atoms. The maximum atomic E-state index is 12.1. The molecular formula is C11H8BrF3O2.